The number of hydrogen-bond donors (Lipinski definition) is 8. The summed E-state index contributed by atoms with van der Waals surface area (Å²) in [5.41, 5.74) is 0.416. The van der Waals surface area contributed by atoms with Crippen molar-refractivity contribution in [2.75, 3.05) is 343 Å². The molecule has 0 bridgehead atoms. The molecule has 0 radical (unpaired) electrons. The van der Waals surface area contributed by atoms with Crippen LogP contribution in [0.1, 0.15) is 65.5 Å². The Labute approximate surface area is 758 Å². The number of nitrogens with zero attached hydrogens (tertiary/aromatic N) is 2. The summed E-state index contributed by atoms with van der Waals surface area (Å²) in [6, 6.07) is 2.42. The van der Waals surface area contributed by atoms with Crippen molar-refractivity contribution in [1.29, 1.82) is 0 Å². The predicted molar refractivity (Wildman–Crippen MR) is 460 cm³/mol. The SMILES string of the molecule is COCCOCCOCCOCCOCCOCCOCCOCCOCCOCCOCCOCCOCCOCCOCCOCCOCCOCCOCCOCCOCCOCCOCCOCCN(CCC(=O)N[C@H](C(=O)N[C@@H](C)C(=O)Nc1ccc(COC(=O)C(C)(C)C)c(CC[C@@H]2O[C@H](C(=O)O)[C@@H](O)[C@H](O)[C@H]2O)c1)C(C)C)C(O)CN1C(=O)C=CC1=O. The minimum atomic E-state index is -1.88. The summed E-state index contributed by atoms with van der Waals surface area (Å²) in [6.45, 7) is 29.6. The number of carboxylic acid groups (broad SMARTS) is 1. The van der Waals surface area contributed by atoms with Crippen molar-refractivity contribution in [3.8, 4) is 0 Å². The molecule has 5 amide bonds. The average molecular weight is 1860 g/mol. The van der Waals surface area contributed by atoms with E-state index in [1.165, 1.54) is 11.8 Å². The Morgan fingerprint density at radius 2 is 0.760 bits per heavy atom. The summed E-state index contributed by atoms with van der Waals surface area (Å²) in [6.07, 6.45) is -7.83. The molecule has 1 unspecified atom stereocenters. The highest BCUT2D eigenvalue weighted by Crippen LogP contribution is 2.28. The van der Waals surface area contributed by atoms with Crippen LogP contribution in [0.4, 0.5) is 5.69 Å². The number of ether oxygens (including phenoxy) is 26. The molecule has 2 aliphatic rings. The zero-order valence-corrected chi connectivity index (χ0v) is 76.9. The van der Waals surface area contributed by atoms with E-state index >= 15 is 0 Å². The summed E-state index contributed by atoms with van der Waals surface area (Å²) in [7, 11) is 1.64. The van der Waals surface area contributed by atoms with Gasteiger partial charge in [0.25, 0.3) is 11.8 Å². The predicted octanol–water partition coefficient (Wildman–Crippen LogP) is -0.809. The van der Waals surface area contributed by atoms with E-state index in [-0.39, 0.29) is 71.1 Å². The fourth-order valence-electron chi connectivity index (χ4n) is 11.3. The Bertz CT molecular complexity index is 3010. The van der Waals surface area contributed by atoms with Crippen LogP contribution in [-0.2, 0) is 170 Å². The van der Waals surface area contributed by atoms with E-state index in [0.717, 1.165) is 17.1 Å². The monoisotopic (exact) mass is 1860 g/mol. The highest BCUT2D eigenvalue weighted by Gasteiger charge is 2.47. The Morgan fingerprint density at radius 1 is 0.434 bits per heavy atom. The first-order valence-corrected chi connectivity index (χ1v) is 44.4. The number of aliphatic hydroxyl groups is 4. The third-order valence-electron chi connectivity index (χ3n) is 18.5. The lowest BCUT2D eigenvalue weighted by atomic mass is 9.91. The number of carbonyl (C=O) groups is 7. The van der Waals surface area contributed by atoms with E-state index in [2.05, 4.69) is 16.0 Å². The maximum Gasteiger partial charge on any atom is 0.335 e. The lowest BCUT2D eigenvalue weighted by Crippen LogP contribution is -2.59. The third-order valence-corrected chi connectivity index (χ3v) is 18.5. The van der Waals surface area contributed by atoms with Gasteiger partial charge in [-0.25, -0.2) is 4.79 Å². The first kappa shape index (κ1) is 117. The number of anilines is 1. The number of amides is 5. The summed E-state index contributed by atoms with van der Waals surface area (Å²) in [4.78, 5) is 92.4. The molecular formula is C86H151N5O38. The summed E-state index contributed by atoms with van der Waals surface area (Å²) in [5.74, 6) is -5.64. The van der Waals surface area contributed by atoms with Crippen molar-refractivity contribution in [1.82, 2.24) is 20.4 Å². The van der Waals surface area contributed by atoms with Crippen LogP contribution in [0.2, 0.25) is 0 Å². The molecule has 1 aromatic rings. The van der Waals surface area contributed by atoms with Crippen LogP contribution in [0.15, 0.2) is 30.4 Å². The van der Waals surface area contributed by atoms with Crippen LogP contribution in [0, 0.1) is 11.3 Å². The van der Waals surface area contributed by atoms with Gasteiger partial charge in [0.2, 0.25) is 17.7 Å². The molecule has 2 heterocycles. The number of methoxy groups -OCH3 is 1. The first-order valence-electron chi connectivity index (χ1n) is 44.4. The number of rotatable bonds is 90. The second-order valence-electron chi connectivity index (χ2n) is 30.2. The van der Waals surface area contributed by atoms with E-state index in [4.69, 9.17) is 123 Å². The minimum absolute atomic E-state index is 0.0603. The fourth-order valence-corrected chi connectivity index (χ4v) is 11.3. The quantitative estimate of drug-likeness (QED) is 0.0171. The zero-order chi connectivity index (χ0) is 93.8. The average Bonchev–Trinajstić information content (AvgIpc) is 1.28. The van der Waals surface area contributed by atoms with Crippen molar-refractivity contribution in [2.24, 2.45) is 11.3 Å². The topological polar surface area (TPSA) is 503 Å². The third kappa shape index (κ3) is 61.0. The van der Waals surface area contributed by atoms with Gasteiger partial charge < -0.3 is 165 Å². The van der Waals surface area contributed by atoms with Crippen LogP contribution < -0.4 is 16.0 Å². The minimum Gasteiger partial charge on any atom is -0.479 e. The van der Waals surface area contributed by atoms with E-state index in [0.29, 0.717) is 295 Å². The number of hydrogen-bond acceptors (Lipinski definition) is 38. The van der Waals surface area contributed by atoms with Gasteiger partial charge in [0, 0.05) is 44.5 Å². The van der Waals surface area contributed by atoms with Gasteiger partial charge in [0.1, 0.15) is 43.2 Å². The molecule has 0 spiro atoms. The summed E-state index contributed by atoms with van der Waals surface area (Å²) >= 11 is 0. The van der Waals surface area contributed by atoms with Crippen molar-refractivity contribution < 1.29 is 182 Å². The van der Waals surface area contributed by atoms with Crippen molar-refractivity contribution in [3.05, 3.63) is 41.5 Å². The lowest BCUT2D eigenvalue weighted by molar-refractivity contribution is -0.228. The first-order chi connectivity index (χ1) is 62.5. The molecule has 8 N–H and O–H groups in total. The van der Waals surface area contributed by atoms with Crippen LogP contribution >= 0.6 is 0 Å². The Hall–Kier alpha value is -5.75. The molecule has 2 aliphatic heterocycles. The van der Waals surface area contributed by atoms with Crippen LogP contribution in [0.25, 0.3) is 0 Å². The lowest BCUT2D eigenvalue weighted by Gasteiger charge is -2.39. The van der Waals surface area contributed by atoms with E-state index in [1.54, 1.807) is 59.9 Å². The number of aliphatic hydroxyl groups excluding tert-OH is 4. The summed E-state index contributed by atoms with van der Waals surface area (Å²) < 4.78 is 143. The molecule has 8 atom stereocenters. The molecule has 129 heavy (non-hydrogen) atoms. The second kappa shape index (κ2) is 78.6. The van der Waals surface area contributed by atoms with E-state index in [1.807, 2.05) is 0 Å². The number of benzene rings is 1. The van der Waals surface area contributed by atoms with E-state index in [9.17, 15) is 59.1 Å². The largest absolute Gasteiger partial charge is 0.479 e. The number of β-amino-alcohol motifs (C(OH)–C–C–N with tert-alkyl or cyclic N) is 1. The number of carbonyl (C=O) groups excluding carboxylic acids is 6. The van der Waals surface area contributed by atoms with Crippen LogP contribution in [0.3, 0.4) is 0 Å². The summed E-state index contributed by atoms with van der Waals surface area (Å²) in [5, 5.41) is 60.2. The molecule has 1 saturated heterocycles. The molecule has 748 valence electrons. The molecule has 1 aromatic carbocycles. The molecule has 43 nitrogen and oxygen atoms in total. The molecule has 0 aliphatic carbocycles. The number of aliphatic carboxylic acids is 1. The van der Waals surface area contributed by atoms with Crippen molar-refractivity contribution >= 4 is 47.2 Å². The van der Waals surface area contributed by atoms with Crippen LogP contribution in [-0.4, -0.2) is 463 Å². The molecule has 0 saturated carbocycles. The smallest absolute Gasteiger partial charge is 0.335 e. The highest BCUT2D eigenvalue weighted by atomic mass is 16.6. The van der Waals surface area contributed by atoms with Gasteiger partial charge in [0.05, 0.1) is 329 Å². The Kier molecular flexibility index (Phi) is 71.5. The maximum atomic E-state index is 13.7. The number of aryl methyl sites for hydroxylation is 1. The number of esters is 1. The fraction of sp³-hybridized carbons (Fsp3) is 0.826. The van der Waals surface area contributed by atoms with Gasteiger partial charge in [-0.05, 0) is 69.7 Å². The van der Waals surface area contributed by atoms with Gasteiger partial charge in [-0.2, -0.15) is 0 Å². The van der Waals surface area contributed by atoms with Gasteiger partial charge >= 0.3 is 11.9 Å². The number of imide groups is 1. The highest BCUT2D eigenvalue weighted by molar-refractivity contribution is 6.12. The van der Waals surface area contributed by atoms with E-state index < -0.39 is 108 Å². The number of carboxylic acids is 1. The zero-order valence-electron chi connectivity index (χ0n) is 76.9. The second-order valence-corrected chi connectivity index (χ2v) is 30.2. The van der Waals surface area contributed by atoms with Crippen molar-refractivity contribution in [3.63, 3.8) is 0 Å². The van der Waals surface area contributed by atoms with Gasteiger partial charge in [0.15, 0.2) is 6.10 Å². The Morgan fingerprint density at radius 3 is 1.07 bits per heavy atom. The normalized spacial score (nSPS) is 16.7. The van der Waals surface area contributed by atoms with Crippen LogP contribution in [0.5, 0.6) is 0 Å². The maximum absolute atomic E-state index is 13.7. The Balaban J connectivity index is 1.06. The standard InChI is InChI=1S/C86H151N5O38/c1-67(2)77(83(100)87-68(3)82(99)88-71-10-8-70(66-128-85(103)86(4,5)6)69(64-71)9-11-72-78(96)79(97)80(98)81(129-72)84(101)102)89-73(92)14-15-90(76(95)65-91-74(93)12-13-75(91)94)16-17-105-20-21-107-24-25-109-28-29-111-32-33-113-36-37-115-40-41-117-44-45-119-48-49-121-52-53-123-56-57-125-60-61-127-63-62-126-59-58-124-55-54-122-51-50-120-47-46-118-43-42-116-39-38-114-35-34-112-31-30-110-27-26-108-23-22-106-19-18-104-7/h8,10,12-13,64,67-68,72,76-81,95-98H,9,11,14-63,65-66H2,1-7H3,(H,87,100)(H,88,99)(H,89,92)(H,101,102)/t68-,72-,76?,77-,78-,79+,80-,81-/m0/s1. The van der Waals surface area contributed by atoms with Crippen molar-refractivity contribution in [2.45, 2.75) is 116 Å². The number of nitrogens with one attached hydrogen (secondary N) is 3. The molecular weight excluding hydrogens is 1710 g/mol. The molecule has 43 heteroatoms. The van der Waals surface area contributed by atoms with Gasteiger partial charge in [-0.3, -0.25) is 38.6 Å². The van der Waals surface area contributed by atoms with Gasteiger partial charge in [-0.1, -0.05) is 19.9 Å². The molecule has 1 fully saturated rings. The van der Waals surface area contributed by atoms with Gasteiger partial charge in [-0.15, -0.1) is 0 Å². The molecule has 3 rings (SSSR count). The molecule has 0 aromatic heterocycles.